The number of hydrogen-bond acceptors (Lipinski definition) is 6. The SMILES string of the molecule is Cc1ccc(COc2ccc(/C=C3\SC(=O)N(CC(=O)N4CCOCC4)C3=O)cc2)cc1. The molecule has 32 heavy (non-hydrogen) atoms. The molecule has 0 atom stereocenters. The Kier molecular flexibility index (Phi) is 6.92. The topological polar surface area (TPSA) is 76.2 Å². The van der Waals surface area contributed by atoms with Gasteiger partial charge in [0.25, 0.3) is 11.1 Å². The monoisotopic (exact) mass is 452 g/mol. The van der Waals surface area contributed by atoms with Crippen molar-refractivity contribution in [2.45, 2.75) is 13.5 Å². The van der Waals surface area contributed by atoms with Crippen LogP contribution >= 0.6 is 11.8 Å². The number of ether oxygens (including phenoxy) is 2. The van der Waals surface area contributed by atoms with Gasteiger partial charge in [-0.25, -0.2) is 0 Å². The highest BCUT2D eigenvalue weighted by Gasteiger charge is 2.37. The molecule has 2 aliphatic heterocycles. The zero-order valence-electron chi connectivity index (χ0n) is 17.8. The molecule has 0 radical (unpaired) electrons. The van der Waals surface area contributed by atoms with Gasteiger partial charge in [-0.2, -0.15) is 0 Å². The van der Waals surface area contributed by atoms with Crippen LogP contribution in [0, 0.1) is 6.92 Å². The largest absolute Gasteiger partial charge is 0.489 e. The van der Waals surface area contributed by atoms with Gasteiger partial charge < -0.3 is 14.4 Å². The van der Waals surface area contributed by atoms with Crippen LogP contribution in [-0.4, -0.2) is 59.7 Å². The highest BCUT2D eigenvalue weighted by molar-refractivity contribution is 8.18. The second-order valence-electron chi connectivity index (χ2n) is 7.60. The average Bonchev–Trinajstić information content (AvgIpc) is 3.07. The molecule has 3 amide bonds. The Morgan fingerprint density at radius 2 is 1.75 bits per heavy atom. The predicted octanol–water partition coefficient (Wildman–Crippen LogP) is 3.47. The zero-order valence-corrected chi connectivity index (χ0v) is 18.6. The third kappa shape index (κ3) is 5.38. The van der Waals surface area contributed by atoms with E-state index in [-0.39, 0.29) is 12.5 Å². The molecule has 0 aliphatic carbocycles. The Hall–Kier alpha value is -3.10. The Balaban J connectivity index is 1.35. The molecule has 2 aromatic rings. The van der Waals surface area contributed by atoms with Gasteiger partial charge in [0.05, 0.1) is 18.1 Å². The molecule has 166 valence electrons. The fourth-order valence-electron chi connectivity index (χ4n) is 3.35. The number of carbonyl (C=O) groups is 3. The summed E-state index contributed by atoms with van der Waals surface area (Å²) < 4.78 is 11.0. The van der Waals surface area contributed by atoms with Gasteiger partial charge in [-0.3, -0.25) is 19.3 Å². The van der Waals surface area contributed by atoms with Crippen LogP contribution in [0.2, 0.25) is 0 Å². The summed E-state index contributed by atoms with van der Waals surface area (Å²) in [6, 6.07) is 15.5. The first-order valence-corrected chi connectivity index (χ1v) is 11.2. The van der Waals surface area contributed by atoms with E-state index in [4.69, 9.17) is 9.47 Å². The van der Waals surface area contributed by atoms with Gasteiger partial charge in [0.2, 0.25) is 5.91 Å². The molecule has 2 heterocycles. The third-order valence-electron chi connectivity index (χ3n) is 5.23. The minimum Gasteiger partial charge on any atom is -0.489 e. The van der Waals surface area contributed by atoms with Crippen molar-refractivity contribution >= 4 is 34.9 Å². The van der Waals surface area contributed by atoms with E-state index in [0.717, 1.165) is 27.8 Å². The van der Waals surface area contributed by atoms with Crippen molar-refractivity contribution in [2.24, 2.45) is 0 Å². The number of benzene rings is 2. The van der Waals surface area contributed by atoms with Crippen LogP contribution in [0.1, 0.15) is 16.7 Å². The van der Waals surface area contributed by atoms with Crippen LogP contribution in [0.25, 0.3) is 6.08 Å². The fraction of sp³-hybridized carbons (Fsp3) is 0.292. The molecular formula is C24H24N2O5S. The maximum absolute atomic E-state index is 12.7. The van der Waals surface area contributed by atoms with Gasteiger partial charge in [-0.1, -0.05) is 42.0 Å². The molecule has 0 bridgehead atoms. The Morgan fingerprint density at radius 3 is 2.44 bits per heavy atom. The zero-order chi connectivity index (χ0) is 22.5. The van der Waals surface area contributed by atoms with Crippen molar-refractivity contribution in [1.29, 1.82) is 0 Å². The lowest BCUT2D eigenvalue weighted by Crippen LogP contribution is -2.46. The quantitative estimate of drug-likeness (QED) is 0.625. The van der Waals surface area contributed by atoms with Crippen molar-refractivity contribution in [2.75, 3.05) is 32.8 Å². The highest BCUT2D eigenvalue weighted by Crippen LogP contribution is 2.32. The maximum Gasteiger partial charge on any atom is 0.294 e. The van der Waals surface area contributed by atoms with Crippen LogP contribution in [-0.2, 0) is 20.9 Å². The maximum atomic E-state index is 12.7. The first-order valence-electron chi connectivity index (χ1n) is 10.4. The van der Waals surface area contributed by atoms with Crippen molar-refractivity contribution in [1.82, 2.24) is 9.80 Å². The predicted molar refractivity (Wildman–Crippen MR) is 122 cm³/mol. The number of thioether (sulfide) groups is 1. The molecule has 2 aliphatic rings. The van der Waals surface area contributed by atoms with Gasteiger partial charge in [0, 0.05) is 13.1 Å². The summed E-state index contributed by atoms with van der Waals surface area (Å²) >= 11 is 0.850. The molecule has 0 aromatic heterocycles. The average molecular weight is 453 g/mol. The van der Waals surface area contributed by atoms with Crippen LogP contribution in [0.15, 0.2) is 53.4 Å². The Bertz CT molecular complexity index is 1030. The van der Waals surface area contributed by atoms with Crippen molar-refractivity contribution < 1.29 is 23.9 Å². The van der Waals surface area contributed by atoms with Crippen molar-refractivity contribution in [3.8, 4) is 5.75 Å². The number of rotatable bonds is 6. The summed E-state index contributed by atoms with van der Waals surface area (Å²) in [6.07, 6.45) is 1.66. The smallest absolute Gasteiger partial charge is 0.294 e. The standard InChI is InChI=1S/C24H24N2O5S/c1-17-2-4-19(5-3-17)16-31-20-8-6-18(7-9-20)14-21-23(28)26(24(29)32-21)15-22(27)25-10-12-30-13-11-25/h2-9,14H,10-13,15-16H2,1H3/b21-14-. The Labute approximate surface area is 191 Å². The number of amides is 3. The van der Waals surface area contributed by atoms with Crippen LogP contribution in [0.5, 0.6) is 5.75 Å². The first-order chi connectivity index (χ1) is 15.5. The van der Waals surface area contributed by atoms with E-state index < -0.39 is 11.1 Å². The van der Waals surface area contributed by atoms with Gasteiger partial charge in [-0.05, 0) is 48.0 Å². The molecule has 7 nitrogen and oxygen atoms in total. The molecular weight excluding hydrogens is 428 g/mol. The number of nitrogens with zero attached hydrogens (tertiary/aromatic N) is 2. The molecule has 0 spiro atoms. The lowest BCUT2D eigenvalue weighted by atomic mass is 10.1. The molecule has 2 aromatic carbocycles. The van der Waals surface area contributed by atoms with E-state index in [2.05, 4.69) is 0 Å². The molecule has 0 N–H and O–H groups in total. The minimum absolute atomic E-state index is 0.242. The second-order valence-corrected chi connectivity index (χ2v) is 8.60. The summed E-state index contributed by atoms with van der Waals surface area (Å²) in [5, 5.41) is -0.430. The lowest BCUT2D eigenvalue weighted by molar-refractivity contribution is -0.139. The number of carbonyl (C=O) groups excluding carboxylic acids is 3. The molecule has 0 unspecified atom stereocenters. The summed E-state index contributed by atoms with van der Waals surface area (Å²) in [5.74, 6) is 0.0279. The number of hydrogen-bond donors (Lipinski definition) is 0. The molecule has 0 saturated carbocycles. The molecule has 8 heteroatoms. The number of imide groups is 1. The van der Waals surface area contributed by atoms with E-state index in [1.807, 2.05) is 55.5 Å². The van der Waals surface area contributed by atoms with Gasteiger partial charge in [0.1, 0.15) is 18.9 Å². The van der Waals surface area contributed by atoms with E-state index >= 15 is 0 Å². The molecule has 2 fully saturated rings. The normalized spacial score (nSPS) is 17.8. The van der Waals surface area contributed by atoms with Crippen molar-refractivity contribution in [3.05, 3.63) is 70.1 Å². The molecule has 2 saturated heterocycles. The third-order valence-corrected chi connectivity index (χ3v) is 6.14. The van der Waals surface area contributed by atoms with Gasteiger partial charge in [-0.15, -0.1) is 0 Å². The van der Waals surface area contributed by atoms with Crippen LogP contribution in [0.4, 0.5) is 4.79 Å². The first kappa shape index (κ1) is 22.1. The van der Waals surface area contributed by atoms with Gasteiger partial charge in [0.15, 0.2) is 0 Å². The van der Waals surface area contributed by atoms with E-state index in [1.165, 1.54) is 5.56 Å². The second kappa shape index (κ2) is 10.0. The van der Waals surface area contributed by atoms with E-state index in [9.17, 15) is 14.4 Å². The molecule has 4 rings (SSSR count). The lowest BCUT2D eigenvalue weighted by Gasteiger charge is -2.28. The Morgan fingerprint density at radius 1 is 1.06 bits per heavy atom. The van der Waals surface area contributed by atoms with Gasteiger partial charge >= 0.3 is 0 Å². The summed E-state index contributed by atoms with van der Waals surface area (Å²) in [6.45, 7) is 4.16. The van der Waals surface area contributed by atoms with Crippen LogP contribution < -0.4 is 4.74 Å². The summed E-state index contributed by atoms with van der Waals surface area (Å²) in [5.41, 5.74) is 3.06. The summed E-state index contributed by atoms with van der Waals surface area (Å²) in [7, 11) is 0. The van der Waals surface area contributed by atoms with E-state index in [1.54, 1.807) is 11.0 Å². The summed E-state index contributed by atoms with van der Waals surface area (Å²) in [4.78, 5) is 40.3. The highest BCUT2D eigenvalue weighted by atomic mass is 32.2. The van der Waals surface area contributed by atoms with Crippen molar-refractivity contribution in [3.63, 3.8) is 0 Å². The fourth-order valence-corrected chi connectivity index (χ4v) is 4.19. The number of morpholine rings is 1. The minimum atomic E-state index is -0.443. The van der Waals surface area contributed by atoms with E-state index in [0.29, 0.717) is 43.6 Å². The van der Waals surface area contributed by atoms with Crippen LogP contribution in [0.3, 0.4) is 0 Å². The number of aryl methyl sites for hydroxylation is 1.